The first-order valence-corrected chi connectivity index (χ1v) is 14.7. The average Bonchev–Trinajstić information content (AvgIpc) is 3.34. The molecule has 1 aromatic heterocycles. The number of hydrogen-bond acceptors (Lipinski definition) is 13. The fourth-order valence-electron chi connectivity index (χ4n) is 3.68. The van der Waals surface area contributed by atoms with Crippen molar-refractivity contribution in [3.05, 3.63) is 64.5 Å². The number of β-lactam (4-membered cyclic amide) rings is 1. The van der Waals surface area contributed by atoms with E-state index in [4.69, 9.17) is 15.0 Å². The number of anilines is 1. The zero-order valence-electron chi connectivity index (χ0n) is 20.9. The third-order valence-corrected chi connectivity index (χ3v) is 8.76. The molecule has 1 fully saturated rings. The number of nitrogens with one attached hydrogen (secondary N) is 1. The number of nitrogens with two attached hydrogens (primary N) is 1. The number of benzene rings is 1. The van der Waals surface area contributed by atoms with E-state index in [1.807, 2.05) is 0 Å². The number of nitrogens with zero attached hydrogens (tertiary/aromatic N) is 3. The van der Waals surface area contributed by atoms with Crippen molar-refractivity contribution in [2.45, 2.75) is 23.2 Å². The first kappa shape index (κ1) is 29.6. The fraction of sp³-hybridized carbons (Fsp3) is 0.217. The van der Waals surface area contributed by atoms with E-state index in [1.54, 1.807) is 19.1 Å². The molecule has 2 atom stereocenters. The van der Waals surface area contributed by atoms with Crippen LogP contribution in [0.1, 0.15) is 11.3 Å². The number of carboxylic acids is 2. The van der Waals surface area contributed by atoms with Crippen LogP contribution >= 0.6 is 23.1 Å². The summed E-state index contributed by atoms with van der Waals surface area (Å²) in [6, 6.07) is 4.76. The largest absolute Gasteiger partial charge is 0.479 e. The Balaban J connectivity index is 1.49. The molecule has 15 nitrogen and oxygen atoms in total. The van der Waals surface area contributed by atoms with E-state index in [2.05, 4.69) is 20.3 Å². The molecule has 41 heavy (non-hydrogen) atoms. The van der Waals surface area contributed by atoms with Gasteiger partial charge in [0, 0.05) is 11.1 Å². The summed E-state index contributed by atoms with van der Waals surface area (Å²) in [7, 11) is -4.16. The minimum atomic E-state index is -4.16. The summed E-state index contributed by atoms with van der Waals surface area (Å²) in [5.74, 6) is -4.43. The zero-order chi connectivity index (χ0) is 29.9. The Bertz CT molecular complexity index is 1600. The Morgan fingerprint density at radius 1 is 1.27 bits per heavy atom. The quantitative estimate of drug-likeness (QED) is 0.0880. The molecule has 1 unspecified atom stereocenters. The van der Waals surface area contributed by atoms with E-state index in [0.29, 0.717) is 0 Å². The number of carboxylic acid groups (broad SMARTS) is 2. The Morgan fingerprint density at radius 2 is 1.98 bits per heavy atom. The normalized spacial score (nSPS) is 19.0. The van der Waals surface area contributed by atoms with E-state index < -0.39 is 63.3 Å². The summed E-state index contributed by atoms with van der Waals surface area (Å²) < 4.78 is 29.7. The Hall–Kier alpha value is -4.42. The molecule has 2 aliphatic heterocycles. The van der Waals surface area contributed by atoms with Crippen molar-refractivity contribution in [3.8, 4) is 0 Å². The number of oxime groups is 1. The summed E-state index contributed by atoms with van der Waals surface area (Å²) >= 11 is 2.10. The number of carbonyl (C=O) groups excluding carboxylic acids is 2. The van der Waals surface area contributed by atoms with Gasteiger partial charge in [-0.25, -0.2) is 14.6 Å². The number of rotatable bonds is 11. The number of aryl methyl sites for hydroxylation is 1. The molecule has 2 aromatic rings. The van der Waals surface area contributed by atoms with E-state index in [9.17, 15) is 32.7 Å². The summed E-state index contributed by atoms with van der Waals surface area (Å²) in [6.07, 6.45) is 1.98. The van der Waals surface area contributed by atoms with Gasteiger partial charge in [0.05, 0.1) is 0 Å². The first-order valence-electron chi connectivity index (χ1n) is 11.4. The number of amides is 2. The lowest BCUT2D eigenvalue weighted by Gasteiger charge is -2.49. The molecule has 18 heteroatoms. The van der Waals surface area contributed by atoms with Crippen LogP contribution in [0, 0.1) is 6.92 Å². The van der Waals surface area contributed by atoms with Crippen LogP contribution in [0.3, 0.4) is 0 Å². The number of aliphatic carboxylic acids is 2. The minimum Gasteiger partial charge on any atom is -0.479 e. The van der Waals surface area contributed by atoms with Gasteiger partial charge in [0.25, 0.3) is 11.8 Å². The van der Waals surface area contributed by atoms with Crippen molar-refractivity contribution in [1.82, 2.24) is 15.2 Å². The van der Waals surface area contributed by atoms with Crippen molar-refractivity contribution in [3.63, 3.8) is 0 Å². The first-order chi connectivity index (χ1) is 19.4. The van der Waals surface area contributed by atoms with Gasteiger partial charge in [0.15, 0.2) is 10.8 Å². The maximum atomic E-state index is 13.0. The zero-order valence-corrected chi connectivity index (χ0v) is 23.4. The number of nitrogen functional groups attached to an aromatic ring is 1. The molecule has 0 saturated carbocycles. The van der Waals surface area contributed by atoms with Gasteiger partial charge in [0.1, 0.15) is 34.0 Å². The highest BCUT2D eigenvalue weighted by atomic mass is 32.2. The predicted octanol–water partition coefficient (Wildman–Crippen LogP) is 0.497. The van der Waals surface area contributed by atoms with Gasteiger partial charge in [-0.1, -0.05) is 22.9 Å². The van der Waals surface area contributed by atoms with E-state index >= 15 is 0 Å². The minimum absolute atomic E-state index is 0.0190. The van der Waals surface area contributed by atoms with Crippen molar-refractivity contribution in [2.24, 2.45) is 5.16 Å². The van der Waals surface area contributed by atoms with Crippen molar-refractivity contribution >= 4 is 67.8 Å². The predicted molar refractivity (Wildman–Crippen MR) is 145 cm³/mol. The van der Waals surface area contributed by atoms with Gasteiger partial charge in [-0.15, -0.1) is 23.1 Å². The number of allylic oxidation sites excluding steroid dienone is 1. The van der Waals surface area contributed by atoms with Crippen LogP contribution < -0.4 is 11.1 Å². The highest BCUT2D eigenvalue weighted by Crippen LogP contribution is 2.40. The van der Waals surface area contributed by atoms with Crippen molar-refractivity contribution in [1.29, 1.82) is 0 Å². The molecule has 1 saturated heterocycles. The van der Waals surface area contributed by atoms with Gasteiger partial charge >= 0.3 is 22.1 Å². The lowest BCUT2D eigenvalue weighted by Crippen LogP contribution is -2.71. The Kier molecular flexibility index (Phi) is 8.64. The molecular formula is C23H21N5O10S3. The second-order valence-corrected chi connectivity index (χ2v) is 12.0. The molecule has 5 N–H and O–H groups in total. The average molecular weight is 624 g/mol. The molecule has 0 bridgehead atoms. The second kappa shape index (κ2) is 12.0. The van der Waals surface area contributed by atoms with Crippen LogP contribution in [0.15, 0.2) is 63.3 Å². The van der Waals surface area contributed by atoms with Gasteiger partial charge < -0.3 is 30.3 Å². The van der Waals surface area contributed by atoms with Crippen LogP contribution in [0.2, 0.25) is 0 Å². The van der Waals surface area contributed by atoms with E-state index in [-0.39, 0.29) is 27.0 Å². The number of thiazole rings is 1. The molecule has 0 aliphatic carbocycles. The molecule has 216 valence electrons. The second-order valence-electron chi connectivity index (χ2n) is 8.38. The summed E-state index contributed by atoms with van der Waals surface area (Å²) in [6.45, 7) is 0.947. The van der Waals surface area contributed by atoms with Crippen LogP contribution in [0.5, 0.6) is 0 Å². The summed E-state index contributed by atoms with van der Waals surface area (Å²) in [4.78, 5) is 58.2. The maximum absolute atomic E-state index is 13.0. The van der Waals surface area contributed by atoms with Crippen molar-refractivity contribution in [2.75, 3.05) is 18.1 Å². The monoisotopic (exact) mass is 623 g/mol. The molecule has 0 spiro atoms. The standard InChI is InChI=1S/C23H21N5O10S3/c1-11-2-4-13(5-3-11)41(35,36)38-7-6-12-9-39-21-17(20(32)28(21)18(12)22(33)34)26-19(31)16(27-37-8-15(29)30)14-10-40-23(24)25-14/h2-7,10,17,21H,8-9H2,1H3,(H2,24,25)(H,26,31)(H,29,30)(H,33,34)/t17?,21-/m0/s1. The lowest BCUT2D eigenvalue weighted by molar-refractivity contribution is -0.150. The molecule has 3 heterocycles. The number of aromatic nitrogens is 1. The molecular weight excluding hydrogens is 602 g/mol. The van der Waals surface area contributed by atoms with Crippen LogP contribution in [-0.4, -0.2) is 81.8 Å². The van der Waals surface area contributed by atoms with Crippen LogP contribution in [-0.2, 0) is 38.3 Å². The summed E-state index contributed by atoms with van der Waals surface area (Å²) in [5.41, 5.74) is 5.71. The topological polar surface area (TPSA) is 228 Å². The molecule has 0 radical (unpaired) electrons. The van der Waals surface area contributed by atoms with Crippen LogP contribution in [0.25, 0.3) is 0 Å². The van der Waals surface area contributed by atoms with E-state index in [1.165, 1.54) is 17.5 Å². The van der Waals surface area contributed by atoms with Gasteiger partial charge in [-0.2, -0.15) is 8.42 Å². The van der Waals surface area contributed by atoms with Gasteiger partial charge in [0.2, 0.25) is 6.61 Å². The number of hydrogen-bond donors (Lipinski definition) is 4. The van der Waals surface area contributed by atoms with Gasteiger partial charge in [-0.3, -0.25) is 14.5 Å². The maximum Gasteiger partial charge on any atom is 0.352 e. The Morgan fingerprint density at radius 3 is 2.59 bits per heavy atom. The number of carbonyl (C=O) groups is 4. The lowest BCUT2D eigenvalue weighted by atomic mass is 10.0. The molecule has 4 rings (SSSR count). The molecule has 1 aromatic carbocycles. The third kappa shape index (κ3) is 6.50. The SMILES string of the molecule is Cc1ccc(S(=O)(=O)OC=CC2=C(C(=O)O)N3C(=O)C(NC(=O)C(=NOCC(=O)O)c4csc(N)n4)[C@@H]3SC2)cc1. The number of thioether (sulfide) groups is 1. The summed E-state index contributed by atoms with van der Waals surface area (Å²) in [5, 5.41) is 25.2. The fourth-order valence-corrected chi connectivity index (χ4v) is 6.33. The highest BCUT2D eigenvalue weighted by molar-refractivity contribution is 8.00. The third-order valence-electron chi connectivity index (χ3n) is 5.57. The van der Waals surface area contributed by atoms with Crippen LogP contribution in [0.4, 0.5) is 5.13 Å². The highest BCUT2D eigenvalue weighted by Gasteiger charge is 2.54. The number of fused-ring (bicyclic) bond motifs is 1. The van der Waals surface area contributed by atoms with Crippen molar-refractivity contribution < 1.29 is 46.8 Å². The molecule has 2 amide bonds. The molecule has 2 aliphatic rings. The smallest absolute Gasteiger partial charge is 0.352 e. The van der Waals surface area contributed by atoms with Gasteiger partial charge in [-0.05, 0) is 30.7 Å². The Labute approximate surface area is 240 Å². The van der Waals surface area contributed by atoms with E-state index in [0.717, 1.165) is 45.9 Å².